The van der Waals surface area contributed by atoms with E-state index < -0.39 is 11.9 Å². The van der Waals surface area contributed by atoms with Crippen molar-refractivity contribution in [3.05, 3.63) is 0 Å². The van der Waals surface area contributed by atoms with Gasteiger partial charge in [-0.1, -0.05) is 0 Å². The molecule has 0 aromatic heterocycles. The minimum atomic E-state index is -0.964. The van der Waals surface area contributed by atoms with Crippen LogP contribution in [0.2, 0.25) is 0 Å². The third-order valence-electron chi connectivity index (χ3n) is 0.776. The van der Waals surface area contributed by atoms with E-state index in [4.69, 9.17) is 20.4 Å². The molecule has 9 nitrogen and oxygen atoms in total. The first-order chi connectivity index (χ1) is 6.54. The number of rotatable bonds is 6. The van der Waals surface area contributed by atoms with Crippen LogP contribution in [0.25, 0.3) is 0 Å². The van der Waals surface area contributed by atoms with Crippen LogP contribution < -0.4 is 10.6 Å². The average molecular weight is 292 g/mol. The number of aliphatic hydroxyl groups excluding tert-OH is 2. The summed E-state index contributed by atoms with van der Waals surface area (Å²) in [6.07, 6.45) is 0. The molecular formula is C6H16CuN2O7. The molecular weight excluding hydrogens is 276 g/mol. The van der Waals surface area contributed by atoms with Crippen LogP contribution in [0, 0.1) is 0 Å². The van der Waals surface area contributed by atoms with Crippen molar-refractivity contribution in [3.8, 4) is 0 Å². The fourth-order valence-electron chi connectivity index (χ4n) is 0.326. The Bertz CT molecular complexity index is 151. The van der Waals surface area contributed by atoms with Crippen molar-refractivity contribution in [2.45, 2.75) is 0 Å². The maximum Gasteiger partial charge on any atom is 0.317 e. The summed E-state index contributed by atoms with van der Waals surface area (Å²) in [7, 11) is 0. The number of nitrogens with one attached hydrogen (secondary N) is 2. The van der Waals surface area contributed by atoms with Crippen LogP contribution in [-0.2, 0) is 26.7 Å². The van der Waals surface area contributed by atoms with Crippen molar-refractivity contribution in [2.75, 3.05) is 26.6 Å². The first-order valence-electron chi connectivity index (χ1n) is 3.61. The minimum Gasteiger partial charge on any atom is -0.480 e. The molecule has 0 amide bonds. The van der Waals surface area contributed by atoms with E-state index in [1.807, 2.05) is 0 Å². The van der Waals surface area contributed by atoms with E-state index >= 15 is 0 Å². The summed E-state index contributed by atoms with van der Waals surface area (Å²) in [4.78, 5) is 19.2. The Balaban J connectivity index is -0.0000000800. The summed E-state index contributed by atoms with van der Waals surface area (Å²) in [6.45, 7) is -0.939. The van der Waals surface area contributed by atoms with E-state index in [1.165, 1.54) is 0 Å². The molecule has 0 rings (SSSR count). The van der Waals surface area contributed by atoms with Crippen molar-refractivity contribution in [2.24, 2.45) is 0 Å². The fourth-order valence-corrected chi connectivity index (χ4v) is 0.326. The topological polar surface area (TPSA) is 171 Å². The number of aliphatic carboxylic acids is 2. The minimum absolute atomic E-state index is 0. The third-order valence-corrected chi connectivity index (χ3v) is 0.776. The largest absolute Gasteiger partial charge is 0.480 e. The molecule has 0 spiro atoms. The first kappa shape index (κ1) is 24.5. The van der Waals surface area contributed by atoms with Crippen molar-refractivity contribution in [1.82, 2.24) is 10.6 Å². The van der Waals surface area contributed by atoms with Gasteiger partial charge in [0, 0.05) is 17.1 Å². The zero-order valence-electron chi connectivity index (χ0n) is 8.24. The zero-order chi connectivity index (χ0) is 11.4. The maximum absolute atomic E-state index is 9.58. The van der Waals surface area contributed by atoms with Crippen molar-refractivity contribution >= 4 is 11.9 Å². The van der Waals surface area contributed by atoms with Crippen LogP contribution in [-0.4, -0.2) is 64.4 Å². The van der Waals surface area contributed by atoms with Crippen molar-refractivity contribution in [1.29, 1.82) is 0 Å². The molecule has 8 N–H and O–H groups in total. The van der Waals surface area contributed by atoms with Gasteiger partial charge >= 0.3 is 11.9 Å². The monoisotopic (exact) mass is 291 g/mol. The van der Waals surface area contributed by atoms with E-state index in [9.17, 15) is 9.59 Å². The van der Waals surface area contributed by atoms with Crippen LogP contribution in [0.15, 0.2) is 0 Å². The Kier molecular flexibility index (Phi) is 30.2. The van der Waals surface area contributed by atoms with Gasteiger partial charge in [-0.05, 0) is 0 Å². The number of aliphatic hydroxyl groups is 2. The smallest absolute Gasteiger partial charge is 0.317 e. The summed E-state index contributed by atoms with van der Waals surface area (Å²) in [5.74, 6) is -1.93. The molecule has 0 bridgehead atoms. The predicted octanol–water partition coefficient (Wildman–Crippen LogP) is -3.61. The summed E-state index contributed by atoms with van der Waals surface area (Å²) in [6, 6.07) is 0. The Morgan fingerprint density at radius 3 is 1.19 bits per heavy atom. The molecule has 16 heavy (non-hydrogen) atoms. The summed E-state index contributed by atoms with van der Waals surface area (Å²) in [5.41, 5.74) is 0. The van der Waals surface area contributed by atoms with Crippen molar-refractivity contribution < 1.29 is 52.6 Å². The van der Waals surface area contributed by atoms with Gasteiger partial charge in [-0.15, -0.1) is 0 Å². The van der Waals surface area contributed by atoms with Gasteiger partial charge in [0.15, 0.2) is 0 Å². The van der Waals surface area contributed by atoms with Gasteiger partial charge in [0.25, 0.3) is 0 Å². The molecule has 0 heterocycles. The molecule has 10 heteroatoms. The summed E-state index contributed by atoms with van der Waals surface area (Å²) < 4.78 is 0. The van der Waals surface area contributed by atoms with Gasteiger partial charge in [-0.25, -0.2) is 0 Å². The van der Waals surface area contributed by atoms with Crippen LogP contribution in [0.4, 0.5) is 0 Å². The predicted molar refractivity (Wildman–Crippen MR) is 49.1 cm³/mol. The van der Waals surface area contributed by atoms with Gasteiger partial charge in [0.05, 0.1) is 26.6 Å². The number of hydrogen-bond acceptors (Lipinski definition) is 6. The third kappa shape index (κ3) is 37.8. The molecule has 0 unspecified atom stereocenters. The van der Waals surface area contributed by atoms with Gasteiger partial charge in [0.2, 0.25) is 0 Å². The summed E-state index contributed by atoms with van der Waals surface area (Å²) >= 11 is 0. The molecule has 0 aliphatic carbocycles. The van der Waals surface area contributed by atoms with Gasteiger partial charge in [-0.3, -0.25) is 20.2 Å². The molecule has 0 saturated heterocycles. The van der Waals surface area contributed by atoms with E-state index in [1.54, 1.807) is 0 Å². The van der Waals surface area contributed by atoms with E-state index in [0.717, 1.165) is 0 Å². The van der Waals surface area contributed by atoms with Gasteiger partial charge in [-0.2, -0.15) is 0 Å². The first-order valence-corrected chi connectivity index (χ1v) is 3.61. The molecule has 0 saturated carbocycles. The van der Waals surface area contributed by atoms with Gasteiger partial charge in [0.1, 0.15) is 0 Å². The van der Waals surface area contributed by atoms with Crippen LogP contribution in [0.5, 0.6) is 0 Å². The molecule has 103 valence electrons. The number of hydrogen-bond donors (Lipinski definition) is 6. The Morgan fingerprint density at radius 1 is 0.875 bits per heavy atom. The van der Waals surface area contributed by atoms with Crippen LogP contribution >= 0.6 is 0 Å². The molecule has 0 fully saturated rings. The fraction of sp³-hybridized carbons (Fsp3) is 0.667. The molecule has 0 atom stereocenters. The number of carboxylic acids is 2. The Morgan fingerprint density at radius 2 is 1.12 bits per heavy atom. The van der Waals surface area contributed by atoms with E-state index in [0.29, 0.717) is 0 Å². The Hall–Kier alpha value is -0.741. The van der Waals surface area contributed by atoms with E-state index in [2.05, 4.69) is 10.6 Å². The van der Waals surface area contributed by atoms with Gasteiger partial charge < -0.3 is 25.9 Å². The SMILES string of the molecule is O.O=C(O)CNCO.O=C(O)CNCO.[Cu]. The molecule has 0 aromatic rings. The number of carboxylic acid groups (broad SMARTS) is 2. The van der Waals surface area contributed by atoms with Crippen LogP contribution in [0.3, 0.4) is 0 Å². The van der Waals surface area contributed by atoms with Crippen LogP contribution in [0.1, 0.15) is 0 Å². The molecule has 0 aliphatic rings. The maximum atomic E-state index is 9.58. The molecule has 0 aliphatic heterocycles. The second-order valence-corrected chi connectivity index (χ2v) is 1.96. The second kappa shape index (κ2) is 19.8. The Labute approximate surface area is 102 Å². The zero-order valence-corrected chi connectivity index (χ0v) is 9.18. The normalized spacial score (nSPS) is 7.62. The quantitative estimate of drug-likeness (QED) is 0.215. The average Bonchev–Trinajstić information content (AvgIpc) is 2.12. The second-order valence-electron chi connectivity index (χ2n) is 1.96. The molecule has 1 radical (unpaired) electrons. The summed E-state index contributed by atoms with van der Waals surface area (Å²) in [5, 5.41) is 36.0. The number of carbonyl (C=O) groups is 2. The van der Waals surface area contributed by atoms with E-state index in [-0.39, 0.29) is 49.1 Å². The molecule has 0 aromatic carbocycles. The van der Waals surface area contributed by atoms with Crippen molar-refractivity contribution in [3.63, 3.8) is 0 Å². The standard InChI is InChI=1S/2C3H7NO3.Cu.H2O/c2*5-2-4-1-3(6)7;;/h2*4-5H,1-2H2,(H,6,7);;1H2.